The first-order valence-corrected chi connectivity index (χ1v) is 13.5. The van der Waals surface area contributed by atoms with Crippen molar-refractivity contribution in [3.05, 3.63) is 132 Å². The highest BCUT2D eigenvalue weighted by Gasteiger charge is 2.36. The van der Waals surface area contributed by atoms with Gasteiger partial charge in [-0.1, -0.05) is 111 Å². The Hall–Kier alpha value is -4.82. The van der Waals surface area contributed by atoms with Crippen molar-refractivity contribution in [2.45, 2.75) is 19.3 Å². The van der Waals surface area contributed by atoms with Crippen LogP contribution in [0.3, 0.4) is 0 Å². The van der Waals surface area contributed by atoms with Crippen LogP contribution in [0, 0.1) is 0 Å². The van der Waals surface area contributed by atoms with Crippen LogP contribution < -0.4 is 0 Å². The second-order valence-electron chi connectivity index (χ2n) is 11.1. The van der Waals surface area contributed by atoms with Crippen molar-refractivity contribution < 1.29 is 0 Å². The molecule has 0 saturated carbocycles. The Morgan fingerprint density at radius 2 is 1.18 bits per heavy atom. The number of hydrogen-bond acceptors (Lipinski definition) is 2. The van der Waals surface area contributed by atoms with Crippen LogP contribution in [0.2, 0.25) is 0 Å². The number of benzene rings is 6. The molecular formula is C37H26N2. The molecule has 1 heterocycles. The molecule has 0 atom stereocenters. The van der Waals surface area contributed by atoms with Gasteiger partial charge in [0.1, 0.15) is 0 Å². The molecule has 1 aliphatic rings. The highest BCUT2D eigenvalue weighted by atomic mass is 14.9. The lowest BCUT2D eigenvalue weighted by atomic mass is 9.81. The predicted molar refractivity (Wildman–Crippen MR) is 163 cm³/mol. The molecule has 2 nitrogen and oxygen atoms in total. The quantitative estimate of drug-likeness (QED) is 0.222. The molecule has 1 aromatic heterocycles. The Kier molecular flexibility index (Phi) is 4.60. The van der Waals surface area contributed by atoms with Crippen molar-refractivity contribution in [3.63, 3.8) is 0 Å². The van der Waals surface area contributed by atoms with Crippen LogP contribution in [0.25, 0.3) is 66.2 Å². The van der Waals surface area contributed by atoms with E-state index >= 15 is 0 Å². The van der Waals surface area contributed by atoms with Gasteiger partial charge in [-0.3, -0.25) is 0 Å². The Bertz CT molecular complexity index is 2090. The monoisotopic (exact) mass is 498 g/mol. The van der Waals surface area contributed by atoms with E-state index in [0.717, 1.165) is 38.9 Å². The van der Waals surface area contributed by atoms with Gasteiger partial charge in [0.2, 0.25) is 0 Å². The topological polar surface area (TPSA) is 25.8 Å². The molecule has 0 bridgehead atoms. The first kappa shape index (κ1) is 22.2. The van der Waals surface area contributed by atoms with E-state index in [4.69, 9.17) is 9.97 Å². The van der Waals surface area contributed by atoms with Gasteiger partial charge in [0.25, 0.3) is 0 Å². The summed E-state index contributed by atoms with van der Waals surface area (Å²) in [6.45, 7) is 4.67. The lowest BCUT2D eigenvalue weighted by Crippen LogP contribution is -2.15. The minimum absolute atomic E-state index is 0.115. The molecule has 184 valence electrons. The Balaban J connectivity index is 1.38. The van der Waals surface area contributed by atoms with E-state index in [0.29, 0.717) is 0 Å². The summed E-state index contributed by atoms with van der Waals surface area (Å²) < 4.78 is 0. The van der Waals surface area contributed by atoms with E-state index in [1.807, 2.05) is 6.07 Å². The molecule has 0 radical (unpaired) electrons. The highest BCUT2D eigenvalue weighted by Crippen LogP contribution is 2.50. The molecule has 8 rings (SSSR count). The van der Waals surface area contributed by atoms with Crippen LogP contribution in [0.4, 0.5) is 0 Å². The minimum atomic E-state index is -0.115. The molecular weight excluding hydrogens is 472 g/mol. The zero-order valence-electron chi connectivity index (χ0n) is 21.9. The molecule has 1 aliphatic carbocycles. The van der Waals surface area contributed by atoms with Gasteiger partial charge in [0, 0.05) is 27.3 Å². The first-order chi connectivity index (χ1) is 19.1. The fourth-order valence-corrected chi connectivity index (χ4v) is 6.37. The maximum absolute atomic E-state index is 5.22. The normalized spacial score (nSPS) is 13.6. The summed E-state index contributed by atoms with van der Waals surface area (Å²) in [4.78, 5) is 10.4. The van der Waals surface area contributed by atoms with Gasteiger partial charge in [-0.2, -0.15) is 0 Å². The fraction of sp³-hybridized carbons (Fsp3) is 0.0811. The van der Waals surface area contributed by atoms with Crippen molar-refractivity contribution in [3.8, 4) is 33.8 Å². The maximum atomic E-state index is 5.22. The Labute approximate surface area is 227 Å². The summed E-state index contributed by atoms with van der Waals surface area (Å²) in [5.41, 5.74) is 9.33. The third-order valence-corrected chi connectivity index (χ3v) is 8.44. The van der Waals surface area contributed by atoms with Gasteiger partial charge < -0.3 is 0 Å². The van der Waals surface area contributed by atoms with Crippen molar-refractivity contribution in [2.24, 2.45) is 0 Å². The number of aromatic nitrogens is 2. The zero-order valence-corrected chi connectivity index (χ0v) is 21.9. The standard InChI is InChI=1S/C37H26N2/c1-37(2)32-22-27(17-18-29(32)31-20-25-13-6-7-14-26(25)21-33(31)37)36-38-34(24-11-4-3-5-12-24)30-19-16-23-10-8-9-15-28(23)35(30)39-36/h3-22H,1-2H3. The molecule has 0 N–H and O–H groups in total. The van der Waals surface area contributed by atoms with Gasteiger partial charge in [-0.25, -0.2) is 9.97 Å². The van der Waals surface area contributed by atoms with Crippen molar-refractivity contribution >= 4 is 32.4 Å². The smallest absolute Gasteiger partial charge is 0.160 e. The molecule has 2 heteroatoms. The lowest BCUT2D eigenvalue weighted by Gasteiger charge is -2.22. The Morgan fingerprint density at radius 1 is 0.487 bits per heavy atom. The molecule has 0 saturated heterocycles. The number of hydrogen-bond donors (Lipinski definition) is 0. The van der Waals surface area contributed by atoms with Crippen molar-refractivity contribution in [1.29, 1.82) is 0 Å². The summed E-state index contributed by atoms with van der Waals surface area (Å²) in [6, 6.07) is 43.4. The Morgan fingerprint density at radius 3 is 2.00 bits per heavy atom. The van der Waals surface area contributed by atoms with Gasteiger partial charge in [0.15, 0.2) is 5.82 Å². The predicted octanol–water partition coefficient (Wildman–Crippen LogP) is 9.58. The highest BCUT2D eigenvalue weighted by molar-refractivity contribution is 6.09. The number of nitrogens with zero attached hydrogens (tertiary/aromatic N) is 2. The van der Waals surface area contributed by atoms with Gasteiger partial charge in [0.05, 0.1) is 11.2 Å². The van der Waals surface area contributed by atoms with Crippen molar-refractivity contribution in [1.82, 2.24) is 9.97 Å². The van der Waals surface area contributed by atoms with E-state index in [1.54, 1.807) is 0 Å². The molecule has 7 aromatic rings. The van der Waals surface area contributed by atoms with E-state index in [9.17, 15) is 0 Å². The third kappa shape index (κ3) is 3.28. The summed E-state index contributed by atoms with van der Waals surface area (Å²) >= 11 is 0. The first-order valence-electron chi connectivity index (χ1n) is 13.5. The molecule has 0 spiro atoms. The van der Waals surface area contributed by atoms with Crippen LogP contribution in [0.15, 0.2) is 121 Å². The van der Waals surface area contributed by atoms with Gasteiger partial charge in [-0.05, 0) is 62.7 Å². The van der Waals surface area contributed by atoms with E-state index < -0.39 is 0 Å². The molecule has 0 fully saturated rings. The second kappa shape index (κ2) is 8.09. The largest absolute Gasteiger partial charge is 0.227 e. The molecule has 6 aromatic carbocycles. The molecule has 0 aliphatic heterocycles. The van der Waals surface area contributed by atoms with Gasteiger partial charge >= 0.3 is 0 Å². The summed E-state index contributed by atoms with van der Waals surface area (Å²) in [6.07, 6.45) is 0. The lowest BCUT2D eigenvalue weighted by molar-refractivity contribution is 0.661. The fourth-order valence-electron chi connectivity index (χ4n) is 6.37. The van der Waals surface area contributed by atoms with Crippen LogP contribution in [-0.2, 0) is 5.41 Å². The maximum Gasteiger partial charge on any atom is 0.160 e. The molecule has 0 amide bonds. The van der Waals surface area contributed by atoms with Gasteiger partial charge in [-0.15, -0.1) is 0 Å². The summed E-state index contributed by atoms with van der Waals surface area (Å²) in [7, 11) is 0. The van der Waals surface area contributed by atoms with E-state index in [-0.39, 0.29) is 5.41 Å². The van der Waals surface area contributed by atoms with Crippen LogP contribution in [-0.4, -0.2) is 9.97 Å². The van der Waals surface area contributed by atoms with Crippen molar-refractivity contribution in [2.75, 3.05) is 0 Å². The van der Waals surface area contributed by atoms with Crippen LogP contribution in [0.5, 0.6) is 0 Å². The average molecular weight is 499 g/mol. The van der Waals surface area contributed by atoms with Crippen LogP contribution in [0.1, 0.15) is 25.0 Å². The van der Waals surface area contributed by atoms with E-state index in [2.05, 4.69) is 129 Å². The minimum Gasteiger partial charge on any atom is -0.227 e. The summed E-state index contributed by atoms with van der Waals surface area (Å²) in [5, 5.41) is 5.97. The average Bonchev–Trinajstić information content (AvgIpc) is 3.21. The van der Waals surface area contributed by atoms with Crippen LogP contribution >= 0.6 is 0 Å². The summed E-state index contributed by atoms with van der Waals surface area (Å²) in [5.74, 6) is 0.762. The second-order valence-corrected chi connectivity index (χ2v) is 11.1. The van der Waals surface area contributed by atoms with E-state index in [1.165, 1.54) is 38.4 Å². The molecule has 39 heavy (non-hydrogen) atoms. The zero-order chi connectivity index (χ0) is 26.1. The number of fused-ring (bicyclic) bond motifs is 7. The molecule has 0 unspecified atom stereocenters. The third-order valence-electron chi connectivity index (χ3n) is 8.44. The SMILES string of the molecule is CC1(C)c2cc(-c3nc(-c4ccccc4)c4ccc5ccccc5c4n3)ccc2-c2cc3ccccc3cc21. The number of rotatable bonds is 2.